The standard InChI is InChI=1S/C11H6FN/c12-6-5-9-3-4-11-10(8-9)2-1-7-13-11/h1-4,7-8H. The van der Waals surface area contributed by atoms with Crippen LogP contribution in [-0.4, -0.2) is 4.98 Å². The lowest BCUT2D eigenvalue weighted by Gasteiger charge is -1.95. The van der Waals surface area contributed by atoms with Crippen LogP contribution in [-0.2, 0) is 0 Å². The van der Waals surface area contributed by atoms with Crippen molar-refractivity contribution in [3.8, 4) is 12.1 Å². The van der Waals surface area contributed by atoms with E-state index in [4.69, 9.17) is 0 Å². The van der Waals surface area contributed by atoms with Gasteiger partial charge in [-0.2, -0.15) is 0 Å². The molecule has 13 heavy (non-hydrogen) atoms. The Kier molecular flexibility index (Phi) is 1.93. The molecule has 0 bridgehead atoms. The van der Waals surface area contributed by atoms with Crippen molar-refractivity contribution in [1.29, 1.82) is 0 Å². The third-order valence-electron chi connectivity index (χ3n) is 1.79. The fourth-order valence-electron chi connectivity index (χ4n) is 1.21. The van der Waals surface area contributed by atoms with Crippen LogP contribution >= 0.6 is 0 Å². The summed E-state index contributed by atoms with van der Waals surface area (Å²) in [5.74, 6) is 2.36. The molecule has 0 radical (unpaired) electrons. The first-order valence-electron chi connectivity index (χ1n) is 3.86. The van der Waals surface area contributed by atoms with Gasteiger partial charge in [-0.3, -0.25) is 4.98 Å². The number of pyridine rings is 1. The molecule has 0 spiro atoms. The van der Waals surface area contributed by atoms with Crippen LogP contribution in [0, 0.1) is 12.1 Å². The van der Waals surface area contributed by atoms with Gasteiger partial charge in [0.1, 0.15) is 6.17 Å². The lowest BCUT2D eigenvalue weighted by Crippen LogP contribution is -1.78. The van der Waals surface area contributed by atoms with Gasteiger partial charge in [0, 0.05) is 17.1 Å². The van der Waals surface area contributed by atoms with Gasteiger partial charge in [0.05, 0.1) is 5.52 Å². The Morgan fingerprint density at radius 3 is 3.00 bits per heavy atom. The van der Waals surface area contributed by atoms with Crippen LogP contribution in [0.2, 0.25) is 0 Å². The molecule has 0 aliphatic carbocycles. The van der Waals surface area contributed by atoms with Crippen molar-refractivity contribution in [2.75, 3.05) is 0 Å². The second-order valence-electron chi connectivity index (χ2n) is 2.63. The molecule has 0 unspecified atom stereocenters. The maximum atomic E-state index is 11.7. The molecule has 0 saturated heterocycles. The molecule has 1 aromatic carbocycles. The number of fused-ring (bicyclic) bond motifs is 1. The average molecular weight is 171 g/mol. The van der Waals surface area contributed by atoms with E-state index in [2.05, 4.69) is 10.9 Å². The Bertz CT molecular complexity index is 494. The van der Waals surface area contributed by atoms with Gasteiger partial charge in [0.2, 0.25) is 0 Å². The number of aromatic nitrogens is 1. The van der Waals surface area contributed by atoms with E-state index < -0.39 is 0 Å². The van der Waals surface area contributed by atoms with Crippen molar-refractivity contribution in [3.05, 3.63) is 42.1 Å². The summed E-state index contributed by atoms with van der Waals surface area (Å²) >= 11 is 0. The molecular weight excluding hydrogens is 165 g/mol. The Hall–Kier alpha value is -1.88. The normalized spacial score (nSPS) is 9.31. The predicted octanol–water partition coefficient (Wildman–Crippen LogP) is 2.51. The summed E-state index contributed by atoms with van der Waals surface area (Å²) < 4.78 is 11.7. The zero-order valence-electron chi connectivity index (χ0n) is 6.79. The van der Waals surface area contributed by atoms with Crippen LogP contribution < -0.4 is 0 Å². The molecule has 0 saturated carbocycles. The van der Waals surface area contributed by atoms with Crippen molar-refractivity contribution >= 4 is 10.9 Å². The molecule has 0 aliphatic rings. The van der Waals surface area contributed by atoms with E-state index >= 15 is 0 Å². The fourth-order valence-corrected chi connectivity index (χ4v) is 1.21. The van der Waals surface area contributed by atoms with E-state index in [-0.39, 0.29) is 0 Å². The maximum absolute atomic E-state index is 11.7. The van der Waals surface area contributed by atoms with Crippen LogP contribution in [0.15, 0.2) is 36.5 Å². The molecule has 0 N–H and O–H groups in total. The van der Waals surface area contributed by atoms with Crippen molar-refractivity contribution < 1.29 is 4.39 Å². The number of hydrogen-bond acceptors (Lipinski definition) is 1. The number of rotatable bonds is 0. The van der Waals surface area contributed by atoms with Gasteiger partial charge in [0.25, 0.3) is 0 Å². The Morgan fingerprint density at radius 2 is 2.15 bits per heavy atom. The van der Waals surface area contributed by atoms with E-state index in [1.165, 1.54) is 6.17 Å². The van der Waals surface area contributed by atoms with Gasteiger partial charge in [-0.05, 0) is 30.2 Å². The van der Waals surface area contributed by atoms with Crippen LogP contribution in [0.25, 0.3) is 10.9 Å². The number of benzene rings is 1. The molecule has 2 aromatic rings. The topological polar surface area (TPSA) is 12.9 Å². The van der Waals surface area contributed by atoms with Gasteiger partial charge in [-0.15, -0.1) is 4.39 Å². The van der Waals surface area contributed by atoms with Crippen LogP contribution in [0.1, 0.15) is 5.56 Å². The quantitative estimate of drug-likeness (QED) is 0.555. The minimum Gasteiger partial charge on any atom is -0.256 e. The molecule has 2 rings (SSSR count). The summed E-state index contributed by atoms with van der Waals surface area (Å²) in [4.78, 5) is 4.14. The monoisotopic (exact) mass is 171 g/mol. The molecule has 62 valence electrons. The first-order valence-corrected chi connectivity index (χ1v) is 3.86. The lowest BCUT2D eigenvalue weighted by molar-refractivity contribution is 0.774. The van der Waals surface area contributed by atoms with Gasteiger partial charge in [-0.25, -0.2) is 0 Å². The average Bonchev–Trinajstić information content (AvgIpc) is 2.18. The van der Waals surface area contributed by atoms with Crippen molar-refractivity contribution in [2.45, 2.75) is 0 Å². The van der Waals surface area contributed by atoms with E-state index in [1.54, 1.807) is 12.3 Å². The van der Waals surface area contributed by atoms with E-state index in [0.29, 0.717) is 5.56 Å². The summed E-state index contributed by atoms with van der Waals surface area (Å²) in [6.45, 7) is 0. The second-order valence-corrected chi connectivity index (χ2v) is 2.63. The Morgan fingerprint density at radius 1 is 1.23 bits per heavy atom. The minimum atomic E-state index is 0.669. The number of nitrogens with zero attached hydrogens (tertiary/aromatic N) is 1. The van der Waals surface area contributed by atoms with Gasteiger partial charge >= 0.3 is 0 Å². The molecule has 0 aliphatic heterocycles. The van der Waals surface area contributed by atoms with Crippen LogP contribution in [0.4, 0.5) is 4.39 Å². The summed E-state index contributed by atoms with van der Waals surface area (Å²) in [6.07, 6.45) is 3.10. The lowest BCUT2D eigenvalue weighted by atomic mass is 10.1. The number of hydrogen-bond donors (Lipinski definition) is 0. The van der Waals surface area contributed by atoms with E-state index in [9.17, 15) is 4.39 Å². The highest BCUT2D eigenvalue weighted by Crippen LogP contribution is 2.12. The fraction of sp³-hybridized carbons (Fsp3) is 0. The summed E-state index contributed by atoms with van der Waals surface area (Å²) in [7, 11) is 0. The van der Waals surface area contributed by atoms with E-state index in [1.807, 2.05) is 24.3 Å². The molecule has 2 heteroatoms. The third kappa shape index (κ3) is 1.50. The zero-order valence-corrected chi connectivity index (χ0v) is 6.79. The van der Waals surface area contributed by atoms with Gasteiger partial charge < -0.3 is 0 Å². The van der Waals surface area contributed by atoms with Gasteiger partial charge in [0.15, 0.2) is 0 Å². The molecule has 1 heterocycles. The highest BCUT2D eigenvalue weighted by Gasteiger charge is 1.93. The summed E-state index contributed by atoms with van der Waals surface area (Å²) in [5, 5.41) is 0.975. The van der Waals surface area contributed by atoms with Crippen molar-refractivity contribution in [2.24, 2.45) is 0 Å². The largest absolute Gasteiger partial charge is 0.256 e. The highest BCUT2D eigenvalue weighted by molar-refractivity contribution is 5.79. The smallest absolute Gasteiger partial charge is 0.111 e. The first kappa shape index (κ1) is 7.75. The molecular formula is C11H6FN. The minimum absolute atomic E-state index is 0.669. The molecule has 1 nitrogen and oxygen atoms in total. The van der Waals surface area contributed by atoms with Crippen LogP contribution in [0.3, 0.4) is 0 Å². The van der Waals surface area contributed by atoms with Crippen LogP contribution in [0.5, 0.6) is 0 Å². The molecule has 1 aromatic heterocycles. The summed E-state index contributed by atoms with van der Waals surface area (Å²) in [5.41, 5.74) is 1.56. The Labute approximate surface area is 75.2 Å². The predicted molar refractivity (Wildman–Crippen MR) is 49.7 cm³/mol. The SMILES string of the molecule is FC#Cc1ccc2ncccc2c1. The first-order chi connectivity index (χ1) is 6.40. The second kappa shape index (κ2) is 3.24. The third-order valence-corrected chi connectivity index (χ3v) is 1.79. The summed E-state index contributed by atoms with van der Waals surface area (Å²) in [6, 6.07) is 9.16. The molecule has 0 amide bonds. The highest BCUT2D eigenvalue weighted by atomic mass is 19.1. The van der Waals surface area contributed by atoms with Crippen molar-refractivity contribution in [1.82, 2.24) is 4.98 Å². The molecule has 0 fully saturated rings. The van der Waals surface area contributed by atoms with Gasteiger partial charge in [-0.1, -0.05) is 6.07 Å². The molecule has 0 atom stereocenters. The number of halogens is 1. The van der Waals surface area contributed by atoms with E-state index in [0.717, 1.165) is 10.9 Å². The zero-order chi connectivity index (χ0) is 9.10. The maximum Gasteiger partial charge on any atom is 0.111 e. The Balaban J connectivity index is 2.66. The van der Waals surface area contributed by atoms with Crippen molar-refractivity contribution in [3.63, 3.8) is 0 Å².